The molecule has 2 fully saturated rings. The minimum atomic E-state index is -0.914. The predicted octanol–water partition coefficient (Wildman–Crippen LogP) is 3.43. The van der Waals surface area contributed by atoms with Crippen LogP contribution in [0.25, 0.3) is 0 Å². The second kappa shape index (κ2) is 8.98. The first kappa shape index (κ1) is 22.0. The normalized spacial score (nSPS) is 24.6. The predicted molar refractivity (Wildman–Crippen MR) is 111 cm³/mol. The average Bonchev–Trinajstić information content (AvgIpc) is 2.98. The molecule has 1 saturated heterocycles. The molecule has 0 radical (unpaired) electrons. The Hall–Kier alpha value is -2.70. The molecule has 0 unspecified atom stereocenters. The standard InChI is InChI=1S/C23H30N2O5/c1-4-15(2)17-8-10-18(11-9-17)19(26)14-30-20(27)13-25-21(28)23(24-22(25)29)12-6-5-7-16(23)3/h8-11,15-16H,4-7,12-14H2,1-3H3,(H,24,29)/t15-,16-,23-/m0/s1. The fraction of sp³-hybridized carbons (Fsp3) is 0.565. The number of Topliss-reactive ketones (excluding diaryl/α,β-unsaturated/α-hetero) is 1. The quantitative estimate of drug-likeness (QED) is 0.419. The van der Waals surface area contributed by atoms with Crippen molar-refractivity contribution in [3.8, 4) is 0 Å². The zero-order valence-electron chi connectivity index (χ0n) is 17.9. The highest BCUT2D eigenvalue weighted by atomic mass is 16.5. The Labute approximate surface area is 177 Å². The van der Waals surface area contributed by atoms with Crippen molar-refractivity contribution in [2.24, 2.45) is 5.92 Å². The molecule has 7 heteroatoms. The number of nitrogens with zero attached hydrogens (tertiary/aromatic N) is 1. The largest absolute Gasteiger partial charge is 0.456 e. The number of urea groups is 1. The monoisotopic (exact) mass is 414 g/mol. The minimum absolute atomic E-state index is 0.0173. The Morgan fingerprint density at radius 1 is 1.23 bits per heavy atom. The van der Waals surface area contributed by atoms with Crippen LogP contribution in [0.5, 0.6) is 0 Å². The van der Waals surface area contributed by atoms with Gasteiger partial charge in [0.25, 0.3) is 5.91 Å². The van der Waals surface area contributed by atoms with Gasteiger partial charge in [0.1, 0.15) is 12.1 Å². The minimum Gasteiger partial charge on any atom is -0.456 e. The lowest BCUT2D eigenvalue weighted by molar-refractivity contribution is -0.147. The maximum atomic E-state index is 12.9. The van der Waals surface area contributed by atoms with Crippen LogP contribution in [-0.4, -0.2) is 47.3 Å². The summed E-state index contributed by atoms with van der Waals surface area (Å²) in [5.74, 6) is -1.05. The van der Waals surface area contributed by atoms with Crippen LogP contribution in [0.1, 0.15) is 74.7 Å². The van der Waals surface area contributed by atoms with Crippen molar-refractivity contribution >= 4 is 23.7 Å². The number of carbonyl (C=O) groups is 4. The molecule has 1 aliphatic carbocycles. The van der Waals surface area contributed by atoms with Crippen molar-refractivity contribution in [2.75, 3.05) is 13.2 Å². The number of imide groups is 1. The molecule has 1 heterocycles. The average molecular weight is 415 g/mol. The van der Waals surface area contributed by atoms with E-state index in [-0.39, 0.29) is 17.6 Å². The van der Waals surface area contributed by atoms with Crippen LogP contribution in [-0.2, 0) is 14.3 Å². The molecule has 162 valence electrons. The van der Waals surface area contributed by atoms with Gasteiger partial charge in [0.15, 0.2) is 12.4 Å². The Bertz CT molecular complexity index is 835. The van der Waals surface area contributed by atoms with Gasteiger partial charge >= 0.3 is 12.0 Å². The molecule has 1 saturated carbocycles. The van der Waals surface area contributed by atoms with Gasteiger partial charge in [-0.15, -0.1) is 0 Å². The highest BCUT2D eigenvalue weighted by molar-refractivity contribution is 6.09. The summed E-state index contributed by atoms with van der Waals surface area (Å²) in [6.45, 7) is 5.26. The van der Waals surface area contributed by atoms with E-state index in [1.807, 2.05) is 19.1 Å². The van der Waals surface area contributed by atoms with Gasteiger partial charge in [0.05, 0.1) is 0 Å². The van der Waals surface area contributed by atoms with Crippen LogP contribution in [0.3, 0.4) is 0 Å². The Kier molecular flexibility index (Phi) is 6.58. The molecule has 1 aromatic carbocycles. The van der Waals surface area contributed by atoms with Crippen molar-refractivity contribution < 1.29 is 23.9 Å². The van der Waals surface area contributed by atoms with Crippen molar-refractivity contribution in [1.82, 2.24) is 10.2 Å². The summed E-state index contributed by atoms with van der Waals surface area (Å²) in [5, 5.41) is 2.80. The van der Waals surface area contributed by atoms with Gasteiger partial charge in [-0.3, -0.25) is 19.3 Å². The van der Waals surface area contributed by atoms with Crippen molar-refractivity contribution in [3.05, 3.63) is 35.4 Å². The number of hydrogen-bond donors (Lipinski definition) is 1. The van der Waals surface area contributed by atoms with E-state index < -0.39 is 30.7 Å². The maximum Gasteiger partial charge on any atom is 0.326 e. The zero-order chi connectivity index (χ0) is 21.9. The molecule has 0 aromatic heterocycles. The highest BCUT2D eigenvalue weighted by Crippen LogP contribution is 2.38. The molecule has 3 atom stereocenters. The molecular weight excluding hydrogens is 384 g/mol. The number of hydrogen-bond acceptors (Lipinski definition) is 5. The molecule has 1 spiro atoms. The number of benzene rings is 1. The summed E-state index contributed by atoms with van der Waals surface area (Å²) in [4.78, 5) is 50.6. The molecule has 3 amide bonds. The lowest BCUT2D eigenvalue weighted by Crippen LogP contribution is -2.54. The molecule has 30 heavy (non-hydrogen) atoms. The highest BCUT2D eigenvalue weighted by Gasteiger charge is 2.55. The fourth-order valence-corrected chi connectivity index (χ4v) is 4.28. The SMILES string of the molecule is CC[C@H](C)c1ccc(C(=O)COC(=O)CN2C(=O)N[C@]3(CCCC[C@@H]3C)C2=O)cc1. The second-order valence-corrected chi connectivity index (χ2v) is 8.45. The molecule has 3 rings (SSSR count). The molecule has 7 nitrogen and oxygen atoms in total. The maximum absolute atomic E-state index is 12.9. The van der Waals surface area contributed by atoms with E-state index in [9.17, 15) is 19.2 Å². The fourth-order valence-electron chi connectivity index (χ4n) is 4.28. The van der Waals surface area contributed by atoms with E-state index in [1.165, 1.54) is 0 Å². The topological polar surface area (TPSA) is 92.8 Å². The third-order valence-electron chi connectivity index (χ3n) is 6.57. The summed E-state index contributed by atoms with van der Waals surface area (Å²) in [5.41, 5.74) is 0.693. The number of rotatable bonds is 7. The number of ketones is 1. The Balaban J connectivity index is 1.55. The van der Waals surface area contributed by atoms with Crippen LogP contribution in [0.4, 0.5) is 4.79 Å². The summed E-state index contributed by atoms with van der Waals surface area (Å²) in [7, 11) is 0. The number of ether oxygens (including phenoxy) is 1. The van der Waals surface area contributed by atoms with E-state index in [0.29, 0.717) is 17.9 Å². The number of amides is 3. The summed E-state index contributed by atoms with van der Waals surface area (Å²) in [6.07, 6.45) is 4.32. The molecule has 1 aliphatic heterocycles. The van der Waals surface area contributed by atoms with E-state index in [4.69, 9.17) is 4.74 Å². The smallest absolute Gasteiger partial charge is 0.326 e. The van der Waals surface area contributed by atoms with Crippen LogP contribution in [0.2, 0.25) is 0 Å². The third-order valence-corrected chi connectivity index (χ3v) is 6.57. The molecule has 1 aromatic rings. The summed E-state index contributed by atoms with van der Waals surface area (Å²) < 4.78 is 5.06. The second-order valence-electron chi connectivity index (χ2n) is 8.45. The first-order valence-corrected chi connectivity index (χ1v) is 10.7. The summed E-state index contributed by atoms with van der Waals surface area (Å²) in [6, 6.07) is 6.69. The molecule has 1 N–H and O–H groups in total. The van der Waals surface area contributed by atoms with Crippen LogP contribution >= 0.6 is 0 Å². The Morgan fingerprint density at radius 3 is 2.57 bits per heavy atom. The zero-order valence-corrected chi connectivity index (χ0v) is 17.9. The molecular formula is C23H30N2O5. The number of nitrogens with one attached hydrogen (secondary N) is 1. The van der Waals surface area contributed by atoms with Crippen LogP contribution in [0, 0.1) is 5.92 Å². The van der Waals surface area contributed by atoms with Gasteiger partial charge in [-0.05, 0) is 36.7 Å². The number of esters is 1. The number of carbonyl (C=O) groups excluding carboxylic acids is 4. The molecule has 2 aliphatic rings. The summed E-state index contributed by atoms with van der Waals surface area (Å²) >= 11 is 0. The van der Waals surface area contributed by atoms with Crippen molar-refractivity contribution in [1.29, 1.82) is 0 Å². The van der Waals surface area contributed by atoms with E-state index in [2.05, 4.69) is 19.2 Å². The van der Waals surface area contributed by atoms with Crippen LogP contribution < -0.4 is 5.32 Å². The van der Waals surface area contributed by atoms with Gasteiger partial charge in [0.2, 0.25) is 0 Å². The van der Waals surface area contributed by atoms with E-state index in [0.717, 1.165) is 36.1 Å². The van der Waals surface area contributed by atoms with Gasteiger partial charge in [-0.25, -0.2) is 4.79 Å². The lowest BCUT2D eigenvalue weighted by atomic mass is 9.73. The lowest BCUT2D eigenvalue weighted by Gasteiger charge is -2.36. The van der Waals surface area contributed by atoms with Crippen molar-refractivity contribution in [2.45, 2.75) is 64.3 Å². The van der Waals surface area contributed by atoms with Gasteiger partial charge < -0.3 is 10.1 Å². The van der Waals surface area contributed by atoms with Gasteiger partial charge in [-0.1, -0.05) is 57.9 Å². The molecule has 0 bridgehead atoms. The van der Waals surface area contributed by atoms with E-state index >= 15 is 0 Å². The van der Waals surface area contributed by atoms with E-state index in [1.54, 1.807) is 12.1 Å². The van der Waals surface area contributed by atoms with Gasteiger partial charge in [0, 0.05) is 5.56 Å². The van der Waals surface area contributed by atoms with Crippen LogP contribution in [0.15, 0.2) is 24.3 Å². The third kappa shape index (κ3) is 4.25. The first-order chi connectivity index (χ1) is 14.3. The Morgan fingerprint density at radius 2 is 1.93 bits per heavy atom. The van der Waals surface area contributed by atoms with Gasteiger partial charge in [-0.2, -0.15) is 0 Å². The van der Waals surface area contributed by atoms with Crippen molar-refractivity contribution in [3.63, 3.8) is 0 Å². The first-order valence-electron chi connectivity index (χ1n) is 10.7.